The molecular weight excluding hydrogens is 250 g/mol. The van der Waals surface area contributed by atoms with E-state index >= 15 is 0 Å². The lowest BCUT2D eigenvalue weighted by molar-refractivity contribution is 0.295. The predicted molar refractivity (Wildman–Crippen MR) is 71.7 cm³/mol. The number of anilines is 1. The lowest BCUT2D eigenvalue weighted by Gasteiger charge is -2.07. The van der Waals surface area contributed by atoms with Crippen molar-refractivity contribution in [1.29, 1.82) is 0 Å². The fourth-order valence-corrected chi connectivity index (χ4v) is 1.69. The van der Waals surface area contributed by atoms with E-state index in [1.165, 1.54) is 0 Å². The van der Waals surface area contributed by atoms with Gasteiger partial charge < -0.3 is 10.5 Å². The third kappa shape index (κ3) is 3.11. The first-order chi connectivity index (χ1) is 8.54. The Morgan fingerprint density at radius 1 is 1.22 bits per heavy atom. The molecule has 0 spiro atoms. The summed E-state index contributed by atoms with van der Waals surface area (Å²) in [6.07, 6.45) is 0. The summed E-state index contributed by atoms with van der Waals surface area (Å²) >= 11 is 5.94. The molecule has 0 atom stereocenters. The van der Waals surface area contributed by atoms with Crippen molar-refractivity contribution in [2.75, 3.05) is 5.73 Å². The normalized spacial score (nSPS) is 10.4. The van der Waals surface area contributed by atoms with Crippen molar-refractivity contribution in [2.45, 2.75) is 20.5 Å². The van der Waals surface area contributed by atoms with Crippen LogP contribution in [0.4, 0.5) is 5.82 Å². The Bertz CT molecular complexity index is 552. The summed E-state index contributed by atoms with van der Waals surface area (Å²) < 4.78 is 5.60. The third-order valence-corrected chi connectivity index (χ3v) is 2.84. The van der Waals surface area contributed by atoms with Gasteiger partial charge in [0.15, 0.2) is 5.82 Å². The second kappa shape index (κ2) is 5.23. The van der Waals surface area contributed by atoms with Gasteiger partial charge in [-0.05, 0) is 37.6 Å². The highest BCUT2D eigenvalue weighted by Gasteiger charge is 2.03. The number of aryl methyl sites for hydroxylation is 2. The van der Waals surface area contributed by atoms with Gasteiger partial charge in [0.2, 0.25) is 0 Å². The molecule has 94 valence electrons. The molecule has 0 fully saturated rings. The SMILES string of the molecule is Cc1cc(N)nc(COc2ccc(Cl)c(C)c2)n1. The van der Waals surface area contributed by atoms with Gasteiger partial charge in [0.05, 0.1) is 0 Å². The van der Waals surface area contributed by atoms with Gasteiger partial charge in [-0.15, -0.1) is 0 Å². The molecule has 4 nitrogen and oxygen atoms in total. The lowest BCUT2D eigenvalue weighted by Crippen LogP contribution is -2.05. The molecule has 1 aromatic heterocycles. The van der Waals surface area contributed by atoms with Crippen LogP contribution in [0.1, 0.15) is 17.1 Å². The summed E-state index contributed by atoms with van der Waals surface area (Å²) in [5.41, 5.74) is 7.45. The first-order valence-corrected chi connectivity index (χ1v) is 5.91. The van der Waals surface area contributed by atoms with Gasteiger partial charge in [-0.3, -0.25) is 0 Å². The molecule has 1 aromatic carbocycles. The second-order valence-corrected chi connectivity index (χ2v) is 4.46. The summed E-state index contributed by atoms with van der Waals surface area (Å²) in [5.74, 6) is 1.76. The zero-order valence-electron chi connectivity index (χ0n) is 10.3. The predicted octanol–water partition coefficient (Wildman–Crippen LogP) is 2.91. The molecule has 2 rings (SSSR count). The van der Waals surface area contributed by atoms with Gasteiger partial charge in [0.25, 0.3) is 0 Å². The topological polar surface area (TPSA) is 61.0 Å². The van der Waals surface area contributed by atoms with Crippen LogP contribution in [0.2, 0.25) is 5.02 Å². The Hall–Kier alpha value is -1.81. The maximum atomic E-state index is 5.94. The largest absolute Gasteiger partial charge is 0.486 e. The number of nitrogen functional groups attached to an aromatic ring is 1. The van der Waals surface area contributed by atoms with Crippen LogP contribution < -0.4 is 10.5 Å². The first-order valence-electron chi connectivity index (χ1n) is 5.53. The number of aromatic nitrogens is 2. The van der Waals surface area contributed by atoms with Crippen LogP contribution in [0, 0.1) is 13.8 Å². The maximum Gasteiger partial charge on any atom is 0.168 e. The van der Waals surface area contributed by atoms with Crippen LogP contribution >= 0.6 is 11.6 Å². The van der Waals surface area contributed by atoms with Crippen LogP contribution in [-0.4, -0.2) is 9.97 Å². The van der Waals surface area contributed by atoms with E-state index in [0.29, 0.717) is 11.6 Å². The molecule has 0 saturated carbocycles. The van der Waals surface area contributed by atoms with Crippen molar-refractivity contribution in [1.82, 2.24) is 9.97 Å². The second-order valence-electron chi connectivity index (χ2n) is 4.05. The molecule has 2 N–H and O–H groups in total. The van der Waals surface area contributed by atoms with E-state index in [1.54, 1.807) is 12.1 Å². The van der Waals surface area contributed by atoms with Crippen molar-refractivity contribution < 1.29 is 4.74 Å². The molecule has 0 aliphatic rings. The molecule has 18 heavy (non-hydrogen) atoms. The number of hydrogen-bond donors (Lipinski definition) is 1. The number of benzene rings is 1. The van der Waals surface area contributed by atoms with Gasteiger partial charge in [-0.2, -0.15) is 0 Å². The monoisotopic (exact) mass is 263 g/mol. The first kappa shape index (κ1) is 12.6. The molecule has 1 heterocycles. The number of nitrogens with two attached hydrogens (primary N) is 1. The Morgan fingerprint density at radius 3 is 2.67 bits per heavy atom. The van der Waals surface area contributed by atoms with Crippen molar-refractivity contribution in [2.24, 2.45) is 0 Å². The van der Waals surface area contributed by atoms with Crippen LogP contribution in [0.5, 0.6) is 5.75 Å². The van der Waals surface area contributed by atoms with Gasteiger partial charge in [0, 0.05) is 16.8 Å². The van der Waals surface area contributed by atoms with Crippen molar-refractivity contribution in [3.8, 4) is 5.75 Å². The summed E-state index contributed by atoms with van der Waals surface area (Å²) in [6.45, 7) is 4.08. The molecule has 0 saturated heterocycles. The molecule has 0 bridgehead atoms. The number of hydrogen-bond acceptors (Lipinski definition) is 4. The maximum absolute atomic E-state index is 5.94. The minimum absolute atomic E-state index is 0.285. The molecule has 0 amide bonds. The average molecular weight is 264 g/mol. The number of halogens is 1. The standard InChI is InChI=1S/C13H14ClN3O/c1-8-5-10(3-4-11(8)14)18-7-13-16-9(2)6-12(15)17-13/h3-6H,7H2,1-2H3,(H2,15,16,17). The Labute approximate surface area is 111 Å². The van der Waals surface area contributed by atoms with Crippen molar-refractivity contribution in [3.63, 3.8) is 0 Å². The van der Waals surface area contributed by atoms with Gasteiger partial charge in [0.1, 0.15) is 18.2 Å². The number of ether oxygens (including phenoxy) is 1. The van der Waals surface area contributed by atoms with Crippen molar-refractivity contribution >= 4 is 17.4 Å². The number of nitrogens with zero attached hydrogens (tertiary/aromatic N) is 2. The molecule has 0 radical (unpaired) electrons. The highest BCUT2D eigenvalue weighted by Crippen LogP contribution is 2.21. The van der Waals surface area contributed by atoms with Crippen molar-refractivity contribution in [3.05, 3.63) is 46.4 Å². The van der Waals surface area contributed by atoms with Crippen LogP contribution in [0.3, 0.4) is 0 Å². The van der Waals surface area contributed by atoms with E-state index in [9.17, 15) is 0 Å². The zero-order chi connectivity index (χ0) is 13.1. The highest BCUT2D eigenvalue weighted by atomic mass is 35.5. The van der Waals surface area contributed by atoms with Crippen LogP contribution in [0.15, 0.2) is 24.3 Å². The quantitative estimate of drug-likeness (QED) is 0.925. The molecule has 0 unspecified atom stereocenters. The highest BCUT2D eigenvalue weighted by molar-refractivity contribution is 6.31. The van der Waals surface area contributed by atoms with Gasteiger partial charge in [-0.25, -0.2) is 9.97 Å². The smallest absolute Gasteiger partial charge is 0.168 e. The molecular formula is C13H14ClN3O. The number of rotatable bonds is 3. The minimum atomic E-state index is 0.285. The summed E-state index contributed by atoms with van der Waals surface area (Å²) in [5, 5.41) is 0.721. The summed E-state index contributed by atoms with van der Waals surface area (Å²) in [6, 6.07) is 7.21. The van der Waals surface area contributed by atoms with E-state index in [-0.39, 0.29) is 6.61 Å². The Kier molecular flexibility index (Phi) is 3.67. The van der Waals surface area contributed by atoms with Crippen LogP contribution in [0.25, 0.3) is 0 Å². The molecule has 2 aromatic rings. The Balaban J connectivity index is 2.08. The van der Waals surface area contributed by atoms with E-state index in [2.05, 4.69) is 9.97 Å². The molecule has 5 heteroatoms. The Morgan fingerprint density at radius 2 is 2.00 bits per heavy atom. The van der Waals surface area contributed by atoms with E-state index in [0.717, 1.165) is 22.0 Å². The van der Waals surface area contributed by atoms with E-state index in [1.807, 2.05) is 26.0 Å². The van der Waals surface area contributed by atoms with Crippen LogP contribution in [-0.2, 0) is 6.61 Å². The van der Waals surface area contributed by atoms with E-state index in [4.69, 9.17) is 22.1 Å². The molecule has 0 aliphatic carbocycles. The zero-order valence-corrected chi connectivity index (χ0v) is 11.0. The fourth-order valence-electron chi connectivity index (χ4n) is 1.58. The third-order valence-electron chi connectivity index (χ3n) is 2.42. The summed E-state index contributed by atoms with van der Waals surface area (Å²) in [4.78, 5) is 8.35. The summed E-state index contributed by atoms with van der Waals surface area (Å²) in [7, 11) is 0. The van der Waals surface area contributed by atoms with Gasteiger partial charge in [-0.1, -0.05) is 11.6 Å². The average Bonchev–Trinajstić information content (AvgIpc) is 2.29. The minimum Gasteiger partial charge on any atom is -0.486 e. The van der Waals surface area contributed by atoms with E-state index < -0.39 is 0 Å². The lowest BCUT2D eigenvalue weighted by atomic mass is 10.2. The molecule has 0 aliphatic heterocycles. The van der Waals surface area contributed by atoms with Gasteiger partial charge >= 0.3 is 0 Å². The fraction of sp³-hybridized carbons (Fsp3) is 0.231.